The predicted octanol–water partition coefficient (Wildman–Crippen LogP) is 5.18. The van der Waals surface area contributed by atoms with Gasteiger partial charge in [0.05, 0.1) is 16.9 Å². The summed E-state index contributed by atoms with van der Waals surface area (Å²) in [5.74, 6) is 0.300. The summed E-state index contributed by atoms with van der Waals surface area (Å²) in [6.45, 7) is 8.25. The molecule has 0 saturated carbocycles. The quantitative estimate of drug-likeness (QED) is 0.446. The fourth-order valence-electron chi connectivity index (χ4n) is 4.72. The summed E-state index contributed by atoms with van der Waals surface area (Å²) in [6, 6.07) is 7.87. The molecule has 2 atom stereocenters. The number of nitrogens with zero attached hydrogens (tertiary/aromatic N) is 5. The van der Waals surface area contributed by atoms with Gasteiger partial charge in [-0.05, 0) is 65.8 Å². The molecule has 1 aliphatic rings. The maximum absolute atomic E-state index is 15.1. The van der Waals surface area contributed by atoms with Crippen molar-refractivity contribution in [2.45, 2.75) is 58.5 Å². The molecule has 4 aromatic rings. The Labute approximate surface area is 180 Å². The van der Waals surface area contributed by atoms with Gasteiger partial charge < -0.3 is 9.32 Å². The maximum atomic E-state index is 15.1. The van der Waals surface area contributed by atoms with Crippen LogP contribution < -0.4 is 0 Å². The molecule has 0 N–H and O–H groups in total. The SMILES string of the molecule is Cc1cc2oc(-c3cc(F)c4cc(C5CC(C)N(C)C(C)C5)nnc4c3)nc2c(C)n1. The van der Waals surface area contributed by atoms with Crippen molar-refractivity contribution in [1.82, 2.24) is 25.1 Å². The monoisotopic (exact) mass is 419 g/mol. The van der Waals surface area contributed by atoms with Gasteiger partial charge in [-0.25, -0.2) is 9.37 Å². The van der Waals surface area contributed by atoms with Gasteiger partial charge in [-0.1, -0.05) is 0 Å². The Morgan fingerprint density at radius 2 is 1.74 bits per heavy atom. The van der Waals surface area contributed by atoms with Crippen LogP contribution in [0.1, 0.15) is 49.7 Å². The average molecular weight is 420 g/mol. The Hall–Kier alpha value is -2.93. The largest absolute Gasteiger partial charge is 0.436 e. The molecule has 31 heavy (non-hydrogen) atoms. The number of aromatic nitrogens is 4. The molecule has 2 unspecified atom stereocenters. The van der Waals surface area contributed by atoms with E-state index in [0.29, 0.717) is 45.5 Å². The van der Waals surface area contributed by atoms with Crippen LogP contribution in [0.2, 0.25) is 0 Å². The summed E-state index contributed by atoms with van der Waals surface area (Å²) < 4.78 is 21.0. The number of hydrogen-bond acceptors (Lipinski definition) is 6. The first-order valence-corrected chi connectivity index (χ1v) is 10.7. The number of likely N-dealkylation sites (tertiary alicyclic amines) is 1. The van der Waals surface area contributed by atoms with Crippen molar-refractivity contribution < 1.29 is 8.81 Å². The van der Waals surface area contributed by atoms with Gasteiger partial charge >= 0.3 is 0 Å². The third-order valence-corrected chi connectivity index (χ3v) is 6.66. The number of fused-ring (bicyclic) bond motifs is 2. The van der Waals surface area contributed by atoms with E-state index in [1.165, 1.54) is 6.07 Å². The molecule has 1 saturated heterocycles. The number of benzene rings is 1. The molecular formula is C24H26FN5O. The first-order chi connectivity index (χ1) is 14.8. The second-order valence-electron chi connectivity index (χ2n) is 8.91. The van der Waals surface area contributed by atoms with Gasteiger partial charge in [0.25, 0.3) is 0 Å². The third-order valence-electron chi connectivity index (χ3n) is 6.66. The summed E-state index contributed by atoms with van der Waals surface area (Å²) in [4.78, 5) is 11.3. The number of aryl methyl sites for hydroxylation is 2. The van der Waals surface area contributed by atoms with Crippen LogP contribution in [0.4, 0.5) is 4.39 Å². The van der Waals surface area contributed by atoms with E-state index in [1.54, 1.807) is 6.07 Å². The molecule has 1 fully saturated rings. The van der Waals surface area contributed by atoms with E-state index in [4.69, 9.17) is 4.42 Å². The van der Waals surface area contributed by atoms with Gasteiger partial charge in [-0.15, -0.1) is 0 Å². The number of oxazole rings is 1. The topological polar surface area (TPSA) is 67.9 Å². The Morgan fingerprint density at radius 3 is 2.48 bits per heavy atom. The second kappa shape index (κ2) is 7.34. The average Bonchev–Trinajstić information content (AvgIpc) is 3.16. The van der Waals surface area contributed by atoms with Crippen LogP contribution in [0, 0.1) is 19.7 Å². The highest BCUT2D eigenvalue weighted by Crippen LogP contribution is 2.35. The van der Waals surface area contributed by atoms with Crippen molar-refractivity contribution in [3.63, 3.8) is 0 Å². The minimum absolute atomic E-state index is 0.285. The van der Waals surface area contributed by atoms with Crippen LogP contribution in [0.3, 0.4) is 0 Å². The van der Waals surface area contributed by atoms with Crippen LogP contribution in [0.15, 0.2) is 28.7 Å². The molecule has 0 aliphatic carbocycles. The van der Waals surface area contributed by atoms with E-state index in [2.05, 4.69) is 46.0 Å². The van der Waals surface area contributed by atoms with Gasteiger partial charge in [0.15, 0.2) is 5.58 Å². The lowest BCUT2D eigenvalue weighted by Gasteiger charge is -2.40. The molecule has 6 nitrogen and oxygen atoms in total. The highest BCUT2D eigenvalue weighted by Gasteiger charge is 2.30. The summed E-state index contributed by atoms with van der Waals surface area (Å²) in [5.41, 5.74) is 4.89. The number of rotatable bonds is 2. The molecule has 7 heteroatoms. The van der Waals surface area contributed by atoms with Crippen molar-refractivity contribution in [2.75, 3.05) is 7.05 Å². The Kier molecular flexibility index (Phi) is 4.73. The zero-order valence-corrected chi connectivity index (χ0v) is 18.5. The lowest BCUT2D eigenvalue weighted by molar-refractivity contribution is 0.121. The predicted molar refractivity (Wildman–Crippen MR) is 118 cm³/mol. The molecule has 4 heterocycles. The maximum Gasteiger partial charge on any atom is 0.227 e. The van der Waals surface area contributed by atoms with Crippen molar-refractivity contribution in [3.8, 4) is 11.5 Å². The van der Waals surface area contributed by atoms with Gasteiger partial charge in [0.1, 0.15) is 11.3 Å². The molecule has 0 amide bonds. The van der Waals surface area contributed by atoms with Crippen LogP contribution >= 0.6 is 0 Å². The summed E-state index contributed by atoms with van der Waals surface area (Å²) in [5, 5.41) is 9.33. The third kappa shape index (κ3) is 3.47. The Balaban J connectivity index is 1.54. The standard InChI is InChI=1S/C24H26FN5O/c1-12-6-22-23(15(4)26-12)27-24(31-22)17-9-19(25)18-11-20(28-29-21(18)10-17)16-7-13(2)30(5)14(3)8-16/h6,9-11,13-14,16H,7-8H2,1-5H3. The molecule has 0 spiro atoms. The number of pyridine rings is 1. The van der Waals surface area contributed by atoms with Crippen molar-refractivity contribution in [2.24, 2.45) is 0 Å². The number of piperidine rings is 1. The molecule has 0 radical (unpaired) electrons. The fraction of sp³-hybridized carbons (Fsp3) is 0.417. The Morgan fingerprint density at radius 1 is 1.00 bits per heavy atom. The van der Waals surface area contributed by atoms with E-state index < -0.39 is 0 Å². The van der Waals surface area contributed by atoms with Crippen LogP contribution in [0.5, 0.6) is 0 Å². The van der Waals surface area contributed by atoms with Gasteiger partial charge in [-0.3, -0.25) is 4.98 Å². The van der Waals surface area contributed by atoms with E-state index in [0.717, 1.165) is 29.9 Å². The molecule has 1 aromatic carbocycles. The number of hydrogen-bond donors (Lipinski definition) is 0. The lowest BCUT2D eigenvalue weighted by atomic mass is 9.85. The zero-order valence-electron chi connectivity index (χ0n) is 18.5. The first-order valence-electron chi connectivity index (χ1n) is 10.7. The molecule has 160 valence electrons. The van der Waals surface area contributed by atoms with E-state index >= 15 is 4.39 Å². The highest BCUT2D eigenvalue weighted by molar-refractivity contribution is 5.85. The minimum atomic E-state index is -0.342. The smallest absolute Gasteiger partial charge is 0.227 e. The molecule has 0 bridgehead atoms. The zero-order chi connectivity index (χ0) is 21.9. The highest BCUT2D eigenvalue weighted by atomic mass is 19.1. The van der Waals surface area contributed by atoms with Crippen molar-refractivity contribution in [3.05, 3.63) is 47.2 Å². The second-order valence-corrected chi connectivity index (χ2v) is 8.91. The van der Waals surface area contributed by atoms with E-state index in [9.17, 15) is 0 Å². The molecule has 3 aromatic heterocycles. The van der Waals surface area contributed by atoms with Gasteiger partial charge in [-0.2, -0.15) is 10.2 Å². The normalized spacial score (nSPS) is 22.5. The van der Waals surface area contributed by atoms with Gasteiger partial charge in [0, 0.05) is 40.7 Å². The van der Waals surface area contributed by atoms with Crippen LogP contribution in [0.25, 0.3) is 33.5 Å². The molecular weight excluding hydrogens is 393 g/mol. The van der Waals surface area contributed by atoms with E-state index in [-0.39, 0.29) is 11.7 Å². The lowest BCUT2D eigenvalue weighted by Crippen LogP contribution is -2.43. The van der Waals surface area contributed by atoms with Crippen molar-refractivity contribution in [1.29, 1.82) is 0 Å². The number of halogens is 1. The molecule has 5 rings (SSSR count). The van der Waals surface area contributed by atoms with Crippen LogP contribution in [-0.4, -0.2) is 44.2 Å². The first kappa shape index (κ1) is 20.0. The summed E-state index contributed by atoms with van der Waals surface area (Å²) in [6.07, 6.45) is 1.99. The minimum Gasteiger partial charge on any atom is -0.436 e. The summed E-state index contributed by atoms with van der Waals surface area (Å²) >= 11 is 0. The Bertz CT molecular complexity index is 1290. The van der Waals surface area contributed by atoms with Crippen LogP contribution in [-0.2, 0) is 0 Å². The fourth-order valence-corrected chi connectivity index (χ4v) is 4.72. The summed E-state index contributed by atoms with van der Waals surface area (Å²) in [7, 11) is 2.16. The van der Waals surface area contributed by atoms with E-state index in [1.807, 2.05) is 26.0 Å². The molecule has 1 aliphatic heterocycles. The van der Waals surface area contributed by atoms with Gasteiger partial charge in [0.2, 0.25) is 5.89 Å². The van der Waals surface area contributed by atoms with Crippen molar-refractivity contribution >= 4 is 22.0 Å².